The molecule has 6 saturated carbocycles. The van der Waals surface area contributed by atoms with Gasteiger partial charge in [-0.15, -0.1) is 0 Å². The molecule has 0 N–H and O–H groups in total. The maximum atomic E-state index is 14.0. The number of benzene rings is 1. The average Bonchev–Trinajstić information content (AvgIpc) is 3.90. The second kappa shape index (κ2) is 9.71. The van der Waals surface area contributed by atoms with E-state index >= 15 is 0 Å². The highest BCUT2D eigenvalue weighted by Gasteiger charge is 2.53. The Morgan fingerprint density at radius 3 is 2.36 bits per heavy atom. The van der Waals surface area contributed by atoms with Gasteiger partial charge in [-0.05, 0) is 94.1 Å². The van der Waals surface area contributed by atoms with Gasteiger partial charge in [0, 0.05) is 60.4 Å². The summed E-state index contributed by atoms with van der Waals surface area (Å²) in [5, 5.41) is 8.61. The quantitative estimate of drug-likeness (QED) is 0.257. The Morgan fingerprint density at radius 1 is 0.905 bits per heavy atom. The number of carbonyl (C=O) groups is 1. The van der Waals surface area contributed by atoms with E-state index < -0.39 is 5.92 Å². The number of rotatable bonds is 9. The van der Waals surface area contributed by atoms with Crippen molar-refractivity contribution in [2.75, 3.05) is 11.4 Å². The molecule has 0 aliphatic heterocycles. The van der Waals surface area contributed by atoms with Crippen LogP contribution in [-0.2, 0) is 10.2 Å². The number of alkyl halides is 2. The number of fused-ring (bicyclic) bond motifs is 3. The minimum atomic E-state index is -2.66. The Labute approximate surface area is 244 Å². The minimum Gasteiger partial charge on any atom is -0.360 e. The van der Waals surface area contributed by atoms with Crippen LogP contribution in [0.25, 0.3) is 11.3 Å². The molecule has 2 aromatic heterocycles. The molecule has 0 spiro atoms. The maximum absolute atomic E-state index is 14.0. The van der Waals surface area contributed by atoms with Crippen molar-refractivity contribution in [2.24, 2.45) is 11.3 Å². The molecule has 9 rings (SSSR count). The summed E-state index contributed by atoms with van der Waals surface area (Å²) in [5.74, 6) is 0.525. The van der Waals surface area contributed by atoms with Crippen LogP contribution in [0.5, 0.6) is 0 Å². The lowest BCUT2D eigenvalue weighted by molar-refractivity contribution is -0.120. The van der Waals surface area contributed by atoms with E-state index in [1.54, 1.807) is 0 Å². The van der Waals surface area contributed by atoms with Gasteiger partial charge in [-0.3, -0.25) is 4.79 Å². The summed E-state index contributed by atoms with van der Waals surface area (Å²) in [6.45, 7) is 0.595. The first-order chi connectivity index (χ1) is 20.3. The molecule has 1 atom stereocenters. The molecule has 7 nitrogen and oxygen atoms in total. The van der Waals surface area contributed by atoms with Gasteiger partial charge in [0.05, 0.1) is 0 Å². The van der Waals surface area contributed by atoms with Crippen LogP contribution in [-0.4, -0.2) is 33.7 Å². The Hall–Kier alpha value is -3.10. The Morgan fingerprint density at radius 2 is 1.67 bits per heavy atom. The van der Waals surface area contributed by atoms with Crippen molar-refractivity contribution in [3.05, 3.63) is 47.8 Å². The van der Waals surface area contributed by atoms with E-state index in [4.69, 9.17) is 14.0 Å². The van der Waals surface area contributed by atoms with E-state index in [9.17, 15) is 13.6 Å². The van der Waals surface area contributed by atoms with Crippen molar-refractivity contribution >= 4 is 11.6 Å². The molecule has 222 valence electrons. The molecular weight excluding hydrogens is 538 g/mol. The van der Waals surface area contributed by atoms with Crippen LogP contribution in [0.4, 0.5) is 14.5 Å². The van der Waals surface area contributed by atoms with Crippen LogP contribution in [0.2, 0.25) is 0 Å². The van der Waals surface area contributed by atoms with Gasteiger partial charge < -0.3 is 13.9 Å². The molecule has 42 heavy (non-hydrogen) atoms. The van der Waals surface area contributed by atoms with Gasteiger partial charge in [-0.2, -0.15) is 4.98 Å². The van der Waals surface area contributed by atoms with Gasteiger partial charge in [0.25, 0.3) is 0 Å². The fourth-order valence-corrected chi connectivity index (χ4v) is 7.83. The summed E-state index contributed by atoms with van der Waals surface area (Å²) in [6.07, 6.45) is 10.6. The molecule has 6 aliphatic carbocycles. The zero-order valence-corrected chi connectivity index (χ0v) is 24.0. The minimum absolute atomic E-state index is 0.0145. The smallest absolute Gasteiger partial charge is 0.248 e. The first-order valence-corrected chi connectivity index (χ1v) is 15.9. The third kappa shape index (κ3) is 4.96. The first kappa shape index (κ1) is 26.5. The first-order valence-electron chi connectivity index (χ1n) is 15.9. The van der Waals surface area contributed by atoms with Crippen LogP contribution in [0.15, 0.2) is 39.4 Å². The predicted molar refractivity (Wildman–Crippen MR) is 151 cm³/mol. The van der Waals surface area contributed by atoms with Crippen molar-refractivity contribution in [3.8, 4) is 11.3 Å². The molecule has 1 aromatic carbocycles. The van der Waals surface area contributed by atoms with E-state index in [1.807, 2.05) is 35.2 Å². The number of anilines is 1. The molecule has 2 heterocycles. The lowest BCUT2D eigenvalue weighted by Crippen LogP contribution is -2.51. The third-order valence-electron chi connectivity index (χ3n) is 11.0. The number of nitrogens with zero attached hydrogens (tertiary/aromatic N) is 4. The summed E-state index contributed by atoms with van der Waals surface area (Å²) in [7, 11) is 0. The largest absolute Gasteiger partial charge is 0.360 e. The highest BCUT2D eigenvalue weighted by atomic mass is 19.3. The Balaban J connectivity index is 1.04. The lowest BCUT2D eigenvalue weighted by Gasteiger charge is -2.53. The van der Waals surface area contributed by atoms with E-state index in [1.165, 1.54) is 0 Å². The third-order valence-corrected chi connectivity index (χ3v) is 11.0. The highest BCUT2D eigenvalue weighted by molar-refractivity contribution is 5.94. The molecule has 1 amide bonds. The molecular formula is C33H38F2N4O3. The van der Waals surface area contributed by atoms with Gasteiger partial charge in [-0.25, -0.2) is 8.78 Å². The van der Waals surface area contributed by atoms with Crippen molar-refractivity contribution in [1.82, 2.24) is 15.3 Å². The normalized spacial score (nSPS) is 30.1. The summed E-state index contributed by atoms with van der Waals surface area (Å²) in [4.78, 5) is 20.7. The van der Waals surface area contributed by atoms with Gasteiger partial charge >= 0.3 is 0 Å². The second-order valence-electron chi connectivity index (χ2n) is 14.1. The number of carbonyl (C=O) groups excluding carboxylic acids is 1. The molecule has 0 radical (unpaired) electrons. The van der Waals surface area contributed by atoms with Crippen LogP contribution in [0.1, 0.15) is 119 Å². The molecule has 1 unspecified atom stereocenters. The molecule has 9 heteroatoms. The van der Waals surface area contributed by atoms with E-state index in [0.29, 0.717) is 24.8 Å². The van der Waals surface area contributed by atoms with Crippen LogP contribution in [0, 0.1) is 11.3 Å². The summed E-state index contributed by atoms with van der Waals surface area (Å²) < 4.78 is 39.5. The monoisotopic (exact) mass is 576 g/mol. The number of hydrogen-bond acceptors (Lipinski definition) is 6. The Bertz CT molecular complexity index is 1460. The van der Waals surface area contributed by atoms with Gasteiger partial charge in [0.2, 0.25) is 17.7 Å². The van der Waals surface area contributed by atoms with Gasteiger partial charge in [0.15, 0.2) is 5.82 Å². The topological polar surface area (TPSA) is 85.3 Å². The van der Waals surface area contributed by atoms with E-state index in [0.717, 1.165) is 98.6 Å². The molecule has 6 aliphatic rings. The molecule has 2 bridgehead atoms. The SMILES string of the molecule is O=C(CC1CCC(F)(F)C1)N(CC12CCC(c3nc(C4CC4)no3)(CC1)CC2)c1cccc(-c2cc(C3CC3)on2)c1. The van der Waals surface area contributed by atoms with Crippen molar-refractivity contribution in [2.45, 2.75) is 113 Å². The Kier molecular flexibility index (Phi) is 6.13. The summed E-state index contributed by atoms with van der Waals surface area (Å²) in [6, 6.07) is 9.94. The fourth-order valence-electron chi connectivity index (χ4n) is 7.83. The van der Waals surface area contributed by atoms with Crippen LogP contribution >= 0.6 is 0 Å². The zero-order chi connectivity index (χ0) is 28.5. The fraction of sp³-hybridized carbons (Fsp3) is 0.636. The van der Waals surface area contributed by atoms with Crippen molar-refractivity contribution in [1.29, 1.82) is 0 Å². The zero-order valence-electron chi connectivity index (χ0n) is 24.0. The number of aromatic nitrogens is 3. The van der Waals surface area contributed by atoms with Crippen molar-refractivity contribution in [3.63, 3.8) is 0 Å². The molecule has 0 saturated heterocycles. The second-order valence-corrected chi connectivity index (χ2v) is 14.1. The number of hydrogen-bond donors (Lipinski definition) is 0. The lowest BCUT2D eigenvalue weighted by atomic mass is 9.53. The van der Waals surface area contributed by atoms with E-state index in [2.05, 4.69) is 10.3 Å². The van der Waals surface area contributed by atoms with Crippen LogP contribution < -0.4 is 4.90 Å². The molecule has 3 aromatic rings. The standard InChI is InChI=1S/C33H38F2N4O3/c34-33(35)9-8-21(19-33)16-28(40)39(25-3-1-2-24(17-25)26-18-27(41-37-26)22-4-5-22)20-31-10-13-32(14-11-31,15-12-31)30-36-29(38-42-30)23-6-7-23/h1-3,17-18,21-23H,4-16,19-20H2. The highest BCUT2D eigenvalue weighted by Crippen LogP contribution is 2.58. The number of amides is 1. The maximum Gasteiger partial charge on any atom is 0.248 e. The van der Waals surface area contributed by atoms with Crippen molar-refractivity contribution < 1.29 is 22.6 Å². The number of halogens is 2. The average molecular weight is 577 g/mol. The molecule has 6 fully saturated rings. The van der Waals surface area contributed by atoms with E-state index in [-0.39, 0.29) is 41.9 Å². The van der Waals surface area contributed by atoms with Gasteiger partial charge in [0.1, 0.15) is 11.5 Å². The summed E-state index contributed by atoms with van der Waals surface area (Å²) >= 11 is 0. The predicted octanol–water partition coefficient (Wildman–Crippen LogP) is 7.93. The van der Waals surface area contributed by atoms with Gasteiger partial charge in [-0.1, -0.05) is 22.4 Å². The van der Waals surface area contributed by atoms with Crippen LogP contribution in [0.3, 0.4) is 0 Å². The summed E-state index contributed by atoms with van der Waals surface area (Å²) in [5.41, 5.74) is 2.41.